The first kappa shape index (κ1) is 20.3. The van der Waals surface area contributed by atoms with Crippen LogP contribution in [0, 0.1) is 29.4 Å². The number of imide groups is 1. The van der Waals surface area contributed by atoms with Gasteiger partial charge in [-0.1, -0.05) is 6.07 Å². The zero-order valence-corrected chi connectivity index (χ0v) is 16.9. The van der Waals surface area contributed by atoms with Crippen LogP contribution in [-0.2, 0) is 4.79 Å². The van der Waals surface area contributed by atoms with Gasteiger partial charge in [-0.05, 0) is 87.8 Å². The fourth-order valence-electron chi connectivity index (χ4n) is 6.08. The van der Waals surface area contributed by atoms with Crippen LogP contribution in [0.3, 0.4) is 0 Å². The SMILES string of the molecule is C[C@H](N[C@@H](C)c1ccc(F)c(F)c1)C(=O)NC(=O)NC12CC3CC(CC(C3)C1)C2. The maximum absolute atomic E-state index is 13.4. The molecule has 3 N–H and O–H groups in total. The molecule has 5 nitrogen and oxygen atoms in total. The highest BCUT2D eigenvalue weighted by Gasteiger charge is 2.51. The number of amides is 3. The van der Waals surface area contributed by atoms with Crippen molar-refractivity contribution < 1.29 is 18.4 Å². The molecule has 4 aliphatic carbocycles. The zero-order chi connectivity index (χ0) is 20.8. The Morgan fingerprint density at radius 1 is 1.00 bits per heavy atom. The minimum Gasteiger partial charge on any atom is -0.332 e. The van der Waals surface area contributed by atoms with Crippen LogP contribution < -0.4 is 16.0 Å². The van der Waals surface area contributed by atoms with Crippen molar-refractivity contribution in [2.75, 3.05) is 0 Å². The van der Waals surface area contributed by atoms with Crippen molar-refractivity contribution in [3.05, 3.63) is 35.4 Å². The van der Waals surface area contributed by atoms with Crippen LogP contribution in [0.5, 0.6) is 0 Å². The lowest BCUT2D eigenvalue weighted by molar-refractivity contribution is -0.121. The topological polar surface area (TPSA) is 70.2 Å². The summed E-state index contributed by atoms with van der Waals surface area (Å²) in [5, 5.41) is 8.59. The maximum atomic E-state index is 13.4. The summed E-state index contributed by atoms with van der Waals surface area (Å²) in [4.78, 5) is 25.0. The molecule has 7 heteroatoms. The molecule has 4 fully saturated rings. The molecule has 0 aromatic heterocycles. The fraction of sp³-hybridized carbons (Fsp3) is 0.636. The summed E-state index contributed by atoms with van der Waals surface area (Å²) >= 11 is 0. The number of carbonyl (C=O) groups is 2. The van der Waals surface area contributed by atoms with E-state index in [4.69, 9.17) is 0 Å². The van der Waals surface area contributed by atoms with Crippen molar-refractivity contribution in [1.82, 2.24) is 16.0 Å². The van der Waals surface area contributed by atoms with Crippen LogP contribution in [0.25, 0.3) is 0 Å². The molecule has 0 heterocycles. The lowest BCUT2D eigenvalue weighted by Crippen LogP contribution is -2.62. The van der Waals surface area contributed by atoms with Gasteiger partial charge in [-0.2, -0.15) is 0 Å². The molecular weight excluding hydrogens is 376 g/mol. The molecule has 1 aromatic carbocycles. The van der Waals surface area contributed by atoms with Crippen molar-refractivity contribution >= 4 is 11.9 Å². The normalized spacial score (nSPS) is 31.9. The Morgan fingerprint density at radius 3 is 2.14 bits per heavy atom. The minimum atomic E-state index is -0.928. The Bertz CT molecular complexity index is 778. The van der Waals surface area contributed by atoms with E-state index in [1.807, 2.05) is 0 Å². The Kier molecular flexibility index (Phi) is 5.36. The van der Waals surface area contributed by atoms with E-state index in [0.717, 1.165) is 31.4 Å². The predicted molar refractivity (Wildman–Crippen MR) is 105 cm³/mol. The molecular formula is C22H29F2N3O2. The summed E-state index contributed by atoms with van der Waals surface area (Å²) < 4.78 is 26.5. The smallest absolute Gasteiger partial charge is 0.321 e. The minimum absolute atomic E-state index is 0.158. The van der Waals surface area contributed by atoms with Crippen molar-refractivity contribution in [2.24, 2.45) is 17.8 Å². The van der Waals surface area contributed by atoms with Crippen LogP contribution in [0.2, 0.25) is 0 Å². The van der Waals surface area contributed by atoms with Gasteiger partial charge in [0.05, 0.1) is 6.04 Å². The number of carbonyl (C=O) groups excluding carboxylic acids is 2. The van der Waals surface area contributed by atoms with Crippen LogP contribution in [0.4, 0.5) is 13.6 Å². The van der Waals surface area contributed by atoms with E-state index in [1.165, 1.54) is 25.3 Å². The zero-order valence-electron chi connectivity index (χ0n) is 16.9. The van der Waals surface area contributed by atoms with Crippen LogP contribution in [0.1, 0.15) is 64.0 Å². The third-order valence-electron chi connectivity index (χ3n) is 6.99. The van der Waals surface area contributed by atoms with Gasteiger partial charge in [0, 0.05) is 11.6 Å². The van der Waals surface area contributed by atoms with Gasteiger partial charge < -0.3 is 5.32 Å². The second kappa shape index (κ2) is 7.67. The van der Waals surface area contributed by atoms with Gasteiger partial charge in [0.2, 0.25) is 5.91 Å². The molecule has 0 aliphatic heterocycles. The van der Waals surface area contributed by atoms with Crippen molar-refractivity contribution in [2.45, 2.75) is 70.0 Å². The summed E-state index contributed by atoms with van der Waals surface area (Å²) in [7, 11) is 0. The van der Waals surface area contributed by atoms with Gasteiger partial charge in [0.1, 0.15) is 0 Å². The highest BCUT2D eigenvalue weighted by molar-refractivity contribution is 5.97. The highest BCUT2D eigenvalue weighted by Crippen LogP contribution is 2.55. The number of urea groups is 1. The first-order chi connectivity index (χ1) is 13.7. The molecule has 5 rings (SSSR count). The van der Waals surface area contributed by atoms with E-state index in [2.05, 4.69) is 16.0 Å². The third-order valence-corrected chi connectivity index (χ3v) is 6.99. The number of hydrogen-bond donors (Lipinski definition) is 3. The summed E-state index contributed by atoms with van der Waals surface area (Å²) in [5.74, 6) is -0.169. The summed E-state index contributed by atoms with van der Waals surface area (Å²) in [5.41, 5.74) is 0.371. The molecule has 4 aliphatic rings. The van der Waals surface area contributed by atoms with Gasteiger partial charge in [-0.3, -0.25) is 15.4 Å². The molecule has 1 aromatic rings. The number of rotatable bonds is 5. The van der Waals surface area contributed by atoms with Gasteiger partial charge in [-0.15, -0.1) is 0 Å². The average Bonchev–Trinajstić information content (AvgIpc) is 2.62. The number of nitrogens with one attached hydrogen (secondary N) is 3. The second-order valence-electron chi connectivity index (χ2n) is 9.42. The number of benzene rings is 1. The Balaban J connectivity index is 1.30. The molecule has 158 valence electrons. The summed E-state index contributed by atoms with van der Waals surface area (Å²) in [6, 6.07) is 2.16. The second-order valence-corrected chi connectivity index (χ2v) is 9.42. The van der Waals surface area contributed by atoms with Gasteiger partial charge in [0.25, 0.3) is 0 Å². The van der Waals surface area contributed by atoms with Crippen LogP contribution in [-0.4, -0.2) is 23.5 Å². The van der Waals surface area contributed by atoms with Crippen molar-refractivity contribution in [3.63, 3.8) is 0 Å². The van der Waals surface area contributed by atoms with Gasteiger partial charge in [-0.25, -0.2) is 13.6 Å². The first-order valence-corrected chi connectivity index (χ1v) is 10.6. The quantitative estimate of drug-likeness (QED) is 0.698. The van der Waals surface area contributed by atoms with Gasteiger partial charge >= 0.3 is 6.03 Å². The molecule has 0 unspecified atom stereocenters. The average molecular weight is 405 g/mol. The van der Waals surface area contributed by atoms with Crippen molar-refractivity contribution in [1.29, 1.82) is 0 Å². The lowest BCUT2D eigenvalue weighted by atomic mass is 9.53. The van der Waals surface area contributed by atoms with E-state index in [1.54, 1.807) is 13.8 Å². The fourth-order valence-corrected chi connectivity index (χ4v) is 6.08. The molecule has 4 bridgehead atoms. The van der Waals surface area contributed by atoms with Gasteiger partial charge in [0.15, 0.2) is 11.6 Å². The molecule has 3 amide bonds. The Labute approximate surface area is 170 Å². The molecule has 0 spiro atoms. The lowest BCUT2D eigenvalue weighted by Gasteiger charge is -2.56. The monoisotopic (exact) mass is 405 g/mol. The van der Waals surface area contributed by atoms with E-state index >= 15 is 0 Å². The maximum Gasteiger partial charge on any atom is 0.321 e. The van der Waals surface area contributed by atoms with Crippen LogP contribution in [0.15, 0.2) is 18.2 Å². The third kappa shape index (κ3) is 4.29. The molecule has 2 atom stereocenters. The van der Waals surface area contributed by atoms with E-state index in [0.29, 0.717) is 23.3 Å². The molecule has 0 saturated heterocycles. The molecule has 4 saturated carbocycles. The Hall–Kier alpha value is -2.02. The predicted octanol–water partition coefficient (Wildman–Crippen LogP) is 3.80. The highest BCUT2D eigenvalue weighted by atomic mass is 19.2. The number of halogens is 2. The van der Waals surface area contributed by atoms with Crippen molar-refractivity contribution in [3.8, 4) is 0 Å². The molecule has 29 heavy (non-hydrogen) atoms. The summed E-state index contributed by atoms with van der Waals surface area (Å²) in [6.07, 6.45) is 6.89. The number of hydrogen-bond acceptors (Lipinski definition) is 3. The summed E-state index contributed by atoms with van der Waals surface area (Å²) in [6.45, 7) is 3.40. The molecule has 0 radical (unpaired) electrons. The standard InChI is InChI=1S/C22H29F2N3O2/c1-12(17-3-4-18(23)19(24)8-17)25-13(2)20(28)26-21(29)27-22-9-14-5-15(10-22)7-16(6-14)11-22/h3-4,8,12-16,25H,5-7,9-11H2,1-2H3,(H2,26,27,28,29)/t12-,13-,14?,15?,16?,22?/m0/s1. The van der Waals surface area contributed by atoms with Crippen LogP contribution >= 0.6 is 0 Å². The van der Waals surface area contributed by atoms with E-state index in [9.17, 15) is 18.4 Å². The van der Waals surface area contributed by atoms with E-state index in [-0.39, 0.29) is 11.6 Å². The largest absolute Gasteiger partial charge is 0.332 e. The first-order valence-electron chi connectivity index (χ1n) is 10.6. The van der Waals surface area contributed by atoms with E-state index < -0.39 is 29.6 Å². The Morgan fingerprint density at radius 2 is 1.59 bits per heavy atom.